The topological polar surface area (TPSA) is 46.9 Å². The number of aromatic nitrogens is 2. The molecule has 1 N–H and O–H groups in total. The number of hydrogen-bond donors (Lipinski definition) is 1. The molecule has 0 fully saturated rings. The Morgan fingerprint density at radius 2 is 2.25 bits per heavy atom. The molecule has 1 amide bonds. The van der Waals surface area contributed by atoms with Gasteiger partial charge in [0.1, 0.15) is 0 Å². The summed E-state index contributed by atoms with van der Waals surface area (Å²) in [6.45, 7) is 5.91. The van der Waals surface area contributed by atoms with Gasteiger partial charge < -0.3 is 5.32 Å². The van der Waals surface area contributed by atoms with Crippen LogP contribution in [0.1, 0.15) is 36.3 Å². The van der Waals surface area contributed by atoms with Crippen LogP contribution in [-0.4, -0.2) is 26.6 Å². The molecule has 2 unspecified atom stereocenters. The molecule has 0 saturated carbocycles. The number of rotatable bonds is 4. The first-order chi connectivity index (χ1) is 7.40. The number of nitrogens with one attached hydrogen (secondary N) is 1. The first-order valence-electron chi connectivity index (χ1n) is 5.35. The Labute approximate surface area is 105 Å². The molecule has 0 spiro atoms. The molecule has 4 nitrogen and oxygen atoms in total. The summed E-state index contributed by atoms with van der Waals surface area (Å²) in [6.07, 6.45) is 2.65. The van der Waals surface area contributed by atoms with E-state index < -0.39 is 0 Å². The second-order valence-corrected chi connectivity index (χ2v) is 5.76. The summed E-state index contributed by atoms with van der Waals surface area (Å²) < 4.78 is 1.65. The van der Waals surface area contributed by atoms with Gasteiger partial charge in [-0.15, -0.1) is 0 Å². The van der Waals surface area contributed by atoms with Crippen LogP contribution in [0.2, 0.25) is 0 Å². The van der Waals surface area contributed by atoms with Crippen LogP contribution in [-0.2, 0) is 7.05 Å². The van der Waals surface area contributed by atoms with Gasteiger partial charge in [0.15, 0.2) is 0 Å². The number of hydrogen-bond acceptors (Lipinski definition) is 2. The zero-order valence-electron chi connectivity index (χ0n) is 10.1. The maximum atomic E-state index is 11.9. The SMILES string of the molecule is Cc1nn(C)cc1C(=O)NC(C)CC(C)Br. The summed E-state index contributed by atoms with van der Waals surface area (Å²) in [6, 6.07) is 0.154. The van der Waals surface area contributed by atoms with E-state index in [1.54, 1.807) is 10.9 Å². The Hall–Kier alpha value is -0.840. The molecule has 0 saturated heterocycles. The van der Waals surface area contributed by atoms with E-state index in [1.807, 2.05) is 20.9 Å². The molecule has 1 aromatic heterocycles. The molecule has 16 heavy (non-hydrogen) atoms. The van der Waals surface area contributed by atoms with E-state index in [9.17, 15) is 4.79 Å². The van der Waals surface area contributed by atoms with E-state index in [4.69, 9.17) is 0 Å². The third-order valence-corrected chi connectivity index (χ3v) is 2.69. The number of halogens is 1. The number of nitrogens with zero attached hydrogens (tertiary/aromatic N) is 2. The van der Waals surface area contributed by atoms with Gasteiger partial charge in [0.2, 0.25) is 0 Å². The highest BCUT2D eigenvalue weighted by Gasteiger charge is 2.15. The molecule has 0 aromatic carbocycles. The maximum Gasteiger partial charge on any atom is 0.254 e. The molecule has 90 valence electrons. The fourth-order valence-electron chi connectivity index (χ4n) is 1.67. The molecule has 0 radical (unpaired) electrons. The van der Waals surface area contributed by atoms with E-state index in [0.29, 0.717) is 10.4 Å². The third-order valence-electron chi connectivity index (χ3n) is 2.31. The Morgan fingerprint density at radius 1 is 1.62 bits per heavy atom. The highest BCUT2D eigenvalue weighted by atomic mass is 79.9. The Kier molecular flexibility index (Phi) is 4.53. The highest BCUT2D eigenvalue weighted by Crippen LogP contribution is 2.09. The summed E-state index contributed by atoms with van der Waals surface area (Å²) in [5, 5.41) is 7.11. The van der Waals surface area contributed by atoms with Crippen molar-refractivity contribution in [1.82, 2.24) is 15.1 Å². The molecular weight excluding hydrogens is 270 g/mol. The molecule has 1 aromatic rings. The van der Waals surface area contributed by atoms with Gasteiger partial charge in [0, 0.05) is 24.1 Å². The summed E-state index contributed by atoms with van der Waals surface area (Å²) >= 11 is 3.47. The van der Waals surface area contributed by atoms with Crippen molar-refractivity contribution in [3.05, 3.63) is 17.5 Å². The molecule has 0 aliphatic heterocycles. The lowest BCUT2D eigenvalue weighted by Crippen LogP contribution is -2.34. The van der Waals surface area contributed by atoms with Gasteiger partial charge in [-0.25, -0.2) is 0 Å². The van der Waals surface area contributed by atoms with Crippen molar-refractivity contribution in [2.45, 2.75) is 38.1 Å². The van der Waals surface area contributed by atoms with E-state index in [1.165, 1.54) is 0 Å². The van der Waals surface area contributed by atoms with Gasteiger partial charge in [-0.2, -0.15) is 5.10 Å². The van der Waals surface area contributed by atoms with Crippen LogP contribution in [0.4, 0.5) is 0 Å². The Bertz CT molecular complexity index is 373. The van der Waals surface area contributed by atoms with Crippen LogP contribution in [0.5, 0.6) is 0 Å². The molecule has 1 heterocycles. The lowest BCUT2D eigenvalue weighted by atomic mass is 10.1. The van der Waals surface area contributed by atoms with Crippen molar-refractivity contribution >= 4 is 21.8 Å². The van der Waals surface area contributed by atoms with Gasteiger partial charge in [0.05, 0.1) is 11.3 Å². The van der Waals surface area contributed by atoms with Crippen LogP contribution in [0.25, 0.3) is 0 Å². The monoisotopic (exact) mass is 287 g/mol. The molecule has 0 aliphatic carbocycles. The van der Waals surface area contributed by atoms with Crippen molar-refractivity contribution in [3.63, 3.8) is 0 Å². The second kappa shape index (κ2) is 5.48. The quantitative estimate of drug-likeness (QED) is 0.862. The summed E-state index contributed by atoms with van der Waals surface area (Å²) in [4.78, 5) is 12.3. The molecule has 2 atom stereocenters. The minimum Gasteiger partial charge on any atom is -0.349 e. The largest absolute Gasteiger partial charge is 0.349 e. The first kappa shape index (κ1) is 13.2. The Balaban J connectivity index is 2.62. The molecule has 0 aliphatic rings. The third kappa shape index (κ3) is 3.63. The van der Waals surface area contributed by atoms with Crippen molar-refractivity contribution in [3.8, 4) is 0 Å². The highest BCUT2D eigenvalue weighted by molar-refractivity contribution is 9.09. The van der Waals surface area contributed by atoms with E-state index in [0.717, 1.165) is 12.1 Å². The number of carbonyl (C=O) groups is 1. The van der Waals surface area contributed by atoms with Gasteiger partial charge in [0.25, 0.3) is 5.91 Å². The van der Waals surface area contributed by atoms with Gasteiger partial charge in [-0.05, 0) is 20.3 Å². The van der Waals surface area contributed by atoms with Crippen molar-refractivity contribution in [1.29, 1.82) is 0 Å². The number of alkyl halides is 1. The van der Waals surface area contributed by atoms with Gasteiger partial charge in [-0.1, -0.05) is 22.9 Å². The summed E-state index contributed by atoms with van der Waals surface area (Å²) in [5.74, 6) is -0.0498. The second-order valence-electron chi connectivity index (χ2n) is 4.19. The summed E-state index contributed by atoms with van der Waals surface area (Å²) in [7, 11) is 1.81. The lowest BCUT2D eigenvalue weighted by molar-refractivity contribution is 0.0938. The first-order valence-corrected chi connectivity index (χ1v) is 6.27. The summed E-state index contributed by atoms with van der Waals surface area (Å²) in [5.41, 5.74) is 1.41. The molecule has 1 rings (SSSR count). The standard InChI is InChI=1S/C11H18BrN3O/c1-7(12)5-8(2)13-11(16)10-6-15(4)14-9(10)3/h6-8H,5H2,1-4H3,(H,13,16). The van der Waals surface area contributed by atoms with E-state index in [2.05, 4.69) is 33.3 Å². The molecule has 5 heteroatoms. The zero-order chi connectivity index (χ0) is 12.3. The predicted molar refractivity (Wildman–Crippen MR) is 67.9 cm³/mol. The smallest absolute Gasteiger partial charge is 0.254 e. The lowest BCUT2D eigenvalue weighted by Gasteiger charge is -2.14. The predicted octanol–water partition coefficient (Wildman–Crippen LogP) is 2.02. The number of aryl methyl sites for hydroxylation is 2. The molecule has 0 bridgehead atoms. The van der Waals surface area contributed by atoms with Crippen LogP contribution >= 0.6 is 15.9 Å². The van der Waals surface area contributed by atoms with E-state index in [-0.39, 0.29) is 11.9 Å². The van der Waals surface area contributed by atoms with Crippen LogP contribution in [0.3, 0.4) is 0 Å². The number of amides is 1. The number of carbonyl (C=O) groups excluding carboxylic acids is 1. The fourth-order valence-corrected chi connectivity index (χ4v) is 2.23. The minimum absolute atomic E-state index is 0.0498. The van der Waals surface area contributed by atoms with Gasteiger partial charge in [-0.3, -0.25) is 9.48 Å². The normalized spacial score (nSPS) is 14.6. The zero-order valence-corrected chi connectivity index (χ0v) is 11.7. The molecular formula is C11H18BrN3O. The van der Waals surface area contributed by atoms with Crippen LogP contribution < -0.4 is 5.32 Å². The van der Waals surface area contributed by atoms with Crippen molar-refractivity contribution in [2.24, 2.45) is 7.05 Å². The maximum absolute atomic E-state index is 11.9. The average Bonchev–Trinajstić information content (AvgIpc) is 2.43. The van der Waals surface area contributed by atoms with Crippen LogP contribution in [0.15, 0.2) is 6.20 Å². The van der Waals surface area contributed by atoms with E-state index >= 15 is 0 Å². The van der Waals surface area contributed by atoms with Crippen molar-refractivity contribution < 1.29 is 4.79 Å². The Morgan fingerprint density at radius 3 is 2.69 bits per heavy atom. The fraction of sp³-hybridized carbons (Fsp3) is 0.636. The van der Waals surface area contributed by atoms with Gasteiger partial charge >= 0.3 is 0 Å². The minimum atomic E-state index is -0.0498. The van der Waals surface area contributed by atoms with Crippen molar-refractivity contribution in [2.75, 3.05) is 0 Å². The average molecular weight is 288 g/mol. The van der Waals surface area contributed by atoms with Crippen LogP contribution in [0, 0.1) is 6.92 Å².